The Balaban J connectivity index is 1.45. The summed E-state index contributed by atoms with van der Waals surface area (Å²) in [7, 11) is 0. The molecular weight excluding hydrogens is 324 g/mol. The number of rotatable bonds is 4. The monoisotopic (exact) mass is 342 g/mol. The highest BCUT2D eigenvalue weighted by molar-refractivity contribution is 6.09. The molecule has 0 fully saturated rings. The van der Waals surface area contributed by atoms with Gasteiger partial charge in [-0.1, -0.05) is 61.2 Å². The molecule has 3 aromatic rings. The molecule has 0 unspecified atom stereocenters. The van der Waals surface area contributed by atoms with Crippen LogP contribution in [-0.4, -0.2) is 23.3 Å². The SMILES string of the molecule is C=C1c2ccccc2C(=O)N1CCC(=O)Nc1cccc2ccccc12. The molecule has 0 atom stereocenters. The Morgan fingerprint density at radius 2 is 1.62 bits per heavy atom. The summed E-state index contributed by atoms with van der Waals surface area (Å²) in [5.41, 5.74) is 2.92. The van der Waals surface area contributed by atoms with Crippen LogP contribution in [0.1, 0.15) is 22.3 Å². The van der Waals surface area contributed by atoms with E-state index in [-0.39, 0.29) is 18.2 Å². The van der Waals surface area contributed by atoms with E-state index in [1.165, 1.54) is 0 Å². The predicted octanol–water partition coefficient (Wildman–Crippen LogP) is 4.30. The zero-order valence-corrected chi connectivity index (χ0v) is 14.2. The summed E-state index contributed by atoms with van der Waals surface area (Å²) in [6.45, 7) is 4.31. The summed E-state index contributed by atoms with van der Waals surface area (Å²) >= 11 is 0. The maximum atomic E-state index is 12.5. The first-order valence-corrected chi connectivity index (χ1v) is 8.53. The van der Waals surface area contributed by atoms with Crippen molar-refractivity contribution in [3.05, 3.63) is 84.4 Å². The van der Waals surface area contributed by atoms with Crippen molar-refractivity contribution in [1.82, 2.24) is 4.90 Å². The van der Waals surface area contributed by atoms with Crippen LogP contribution in [0.25, 0.3) is 16.5 Å². The van der Waals surface area contributed by atoms with Gasteiger partial charge in [0.1, 0.15) is 0 Å². The largest absolute Gasteiger partial charge is 0.325 e. The van der Waals surface area contributed by atoms with Crippen LogP contribution < -0.4 is 5.32 Å². The van der Waals surface area contributed by atoms with Gasteiger partial charge in [0.25, 0.3) is 5.91 Å². The zero-order valence-electron chi connectivity index (χ0n) is 14.2. The second kappa shape index (κ2) is 6.48. The van der Waals surface area contributed by atoms with Crippen LogP contribution in [0.4, 0.5) is 5.69 Å². The molecule has 0 radical (unpaired) electrons. The summed E-state index contributed by atoms with van der Waals surface area (Å²) in [6, 6.07) is 21.1. The van der Waals surface area contributed by atoms with E-state index < -0.39 is 0 Å². The highest BCUT2D eigenvalue weighted by Gasteiger charge is 2.30. The van der Waals surface area contributed by atoms with Gasteiger partial charge >= 0.3 is 0 Å². The zero-order chi connectivity index (χ0) is 18.1. The number of hydrogen-bond donors (Lipinski definition) is 1. The van der Waals surface area contributed by atoms with E-state index in [0.717, 1.165) is 22.0 Å². The standard InChI is InChI=1S/C22H18N2O2/c1-15-17-9-4-5-11-19(17)22(26)24(15)14-13-21(25)23-20-12-6-8-16-7-2-3-10-18(16)20/h2-12H,1,13-14H2,(H,23,25). The summed E-state index contributed by atoms with van der Waals surface area (Å²) < 4.78 is 0. The van der Waals surface area contributed by atoms with E-state index in [0.29, 0.717) is 17.8 Å². The number of fused-ring (bicyclic) bond motifs is 2. The molecule has 1 aliphatic heterocycles. The number of hydrogen-bond acceptors (Lipinski definition) is 2. The Hall–Kier alpha value is -3.40. The van der Waals surface area contributed by atoms with Crippen LogP contribution in [0.3, 0.4) is 0 Å². The normalized spacial score (nSPS) is 13.2. The lowest BCUT2D eigenvalue weighted by molar-refractivity contribution is -0.116. The fraction of sp³-hybridized carbons (Fsp3) is 0.0909. The minimum Gasteiger partial charge on any atom is -0.325 e. The molecule has 0 saturated carbocycles. The third-order valence-electron chi connectivity index (χ3n) is 4.67. The number of benzene rings is 3. The molecule has 0 aliphatic carbocycles. The molecule has 128 valence electrons. The number of nitrogens with zero attached hydrogens (tertiary/aromatic N) is 1. The molecule has 0 spiro atoms. The van der Waals surface area contributed by atoms with Gasteiger partial charge in [0.05, 0.1) is 0 Å². The Morgan fingerprint density at radius 3 is 2.42 bits per heavy atom. The molecular formula is C22H18N2O2. The predicted molar refractivity (Wildman–Crippen MR) is 104 cm³/mol. The summed E-state index contributed by atoms with van der Waals surface area (Å²) in [6.07, 6.45) is 0.210. The first-order valence-electron chi connectivity index (χ1n) is 8.53. The second-order valence-electron chi connectivity index (χ2n) is 6.27. The average molecular weight is 342 g/mol. The first-order chi connectivity index (χ1) is 12.6. The van der Waals surface area contributed by atoms with Crippen molar-refractivity contribution >= 4 is 34.0 Å². The van der Waals surface area contributed by atoms with Crippen molar-refractivity contribution in [2.24, 2.45) is 0 Å². The van der Waals surface area contributed by atoms with Crippen LogP contribution in [0.5, 0.6) is 0 Å². The number of carbonyl (C=O) groups excluding carboxylic acids is 2. The van der Waals surface area contributed by atoms with Crippen molar-refractivity contribution in [3.63, 3.8) is 0 Å². The lowest BCUT2D eigenvalue weighted by Gasteiger charge is -2.17. The third kappa shape index (κ3) is 2.75. The van der Waals surface area contributed by atoms with Gasteiger partial charge in [-0.2, -0.15) is 0 Å². The fourth-order valence-electron chi connectivity index (χ4n) is 3.33. The van der Waals surface area contributed by atoms with Crippen molar-refractivity contribution in [2.45, 2.75) is 6.42 Å². The highest BCUT2D eigenvalue weighted by Crippen LogP contribution is 2.31. The topological polar surface area (TPSA) is 49.4 Å². The maximum Gasteiger partial charge on any atom is 0.258 e. The van der Waals surface area contributed by atoms with Gasteiger partial charge in [-0.05, 0) is 17.5 Å². The molecule has 0 aromatic heterocycles. The Bertz CT molecular complexity index is 999. The van der Waals surface area contributed by atoms with E-state index in [2.05, 4.69) is 11.9 Å². The van der Waals surface area contributed by atoms with Gasteiger partial charge in [-0.15, -0.1) is 0 Å². The second-order valence-corrected chi connectivity index (χ2v) is 6.27. The molecule has 1 N–H and O–H groups in total. The molecule has 1 aliphatic rings. The van der Waals surface area contributed by atoms with Crippen LogP contribution in [0.2, 0.25) is 0 Å². The number of carbonyl (C=O) groups is 2. The number of amides is 2. The van der Waals surface area contributed by atoms with E-state index in [4.69, 9.17) is 0 Å². The molecule has 26 heavy (non-hydrogen) atoms. The average Bonchev–Trinajstić information content (AvgIpc) is 2.91. The van der Waals surface area contributed by atoms with Gasteiger partial charge in [0.15, 0.2) is 0 Å². The molecule has 4 rings (SSSR count). The quantitative estimate of drug-likeness (QED) is 0.769. The molecule has 1 heterocycles. The van der Waals surface area contributed by atoms with Crippen molar-refractivity contribution in [1.29, 1.82) is 0 Å². The summed E-state index contributed by atoms with van der Waals surface area (Å²) in [5, 5.41) is 5.02. The van der Waals surface area contributed by atoms with Gasteiger partial charge in [0.2, 0.25) is 5.91 Å². The minimum atomic E-state index is -0.127. The molecule has 0 bridgehead atoms. The molecule has 4 nitrogen and oxygen atoms in total. The molecule has 3 aromatic carbocycles. The van der Waals surface area contributed by atoms with Crippen LogP contribution >= 0.6 is 0 Å². The van der Waals surface area contributed by atoms with Crippen molar-refractivity contribution < 1.29 is 9.59 Å². The minimum absolute atomic E-state index is 0.0939. The van der Waals surface area contributed by atoms with E-state index >= 15 is 0 Å². The van der Waals surface area contributed by atoms with Gasteiger partial charge in [0, 0.05) is 40.9 Å². The van der Waals surface area contributed by atoms with E-state index in [1.54, 1.807) is 11.0 Å². The maximum absolute atomic E-state index is 12.5. The Labute approximate surface area is 151 Å². The first kappa shape index (κ1) is 16.1. The highest BCUT2D eigenvalue weighted by atomic mass is 16.2. The van der Waals surface area contributed by atoms with E-state index in [9.17, 15) is 9.59 Å². The molecule has 0 saturated heterocycles. The van der Waals surface area contributed by atoms with Crippen LogP contribution in [0.15, 0.2) is 73.3 Å². The summed E-state index contributed by atoms with van der Waals surface area (Å²) in [4.78, 5) is 26.5. The fourth-order valence-corrected chi connectivity index (χ4v) is 3.33. The molecule has 4 heteroatoms. The van der Waals surface area contributed by atoms with E-state index in [1.807, 2.05) is 60.7 Å². The Kier molecular flexibility index (Phi) is 4.01. The molecule has 2 amide bonds. The third-order valence-corrected chi connectivity index (χ3v) is 4.67. The Morgan fingerprint density at radius 1 is 0.923 bits per heavy atom. The van der Waals surface area contributed by atoms with Crippen molar-refractivity contribution in [2.75, 3.05) is 11.9 Å². The number of anilines is 1. The smallest absolute Gasteiger partial charge is 0.258 e. The lowest BCUT2D eigenvalue weighted by Crippen LogP contribution is -2.27. The van der Waals surface area contributed by atoms with Gasteiger partial charge in [-0.3, -0.25) is 9.59 Å². The summed E-state index contributed by atoms with van der Waals surface area (Å²) in [5.74, 6) is -0.221. The number of nitrogens with one attached hydrogen (secondary N) is 1. The van der Waals surface area contributed by atoms with Crippen LogP contribution in [-0.2, 0) is 4.79 Å². The van der Waals surface area contributed by atoms with Crippen molar-refractivity contribution in [3.8, 4) is 0 Å². The van der Waals surface area contributed by atoms with Crippen LogP contribution in [0, 0.1) is 0 Å². The lowest BCUT2D eigenvalue weighted by atomic mass is 10.1. The van der Waals surface area contributed by atoms with Gasteiger partial charge in [-0.25, -0.2) is 0 Å². The van der Waals surface area contributed by atoms with Gasteiger partial charge < -0.3 is 10.2 Å².